The fraction of sp³-hybridized carbons (Fsp3) is 0.222. The van der Waals surface area contributed by atoms with Gasteiger partial charge in [-0.05, 0) is 12.1 Å². The molecule has 87 valence electrons. The summed E-state index contributed by atoms with van der Waals surface area (Å²) in [5.41, 5.74) is 0. The Morgan fingerprint density at radius 2 is 2.19 bits per heavy atom. The standard InChI is InChI=1S/C9H6F3O4/c10-9(11,12)16-7-3-1-2-6(4-7)15-5-8(13)14/h1,3-4H,5H2,(H,13,14). The highest BCUT2D eigenvalue weighted by Crippen LogP contribution is 2.25. The molecule has 0 heterocycles. The van der Waals surface area contributed by atoms with Crippen molar-refractivity contribution in [2.24, 2.45) is 0 Å². The van der Waals surface area contributed by atoms with E-state index in [4.69, 9.17) is 5.11 Å². The zero-order chi connectivity index (χ0) is 12.2. The molecular weight excluding hydrogens is 229 g/mol. The van der Waals surface area contributed by atoms with Crippen LogP contribution >= 0.6 is 0 Å². The Bertz CT molecular complexity index is 375. The molecule has 0 aromatic heterocycles. The minimum Gasteiger partial charge on any atom is -0.481 e. The number of rotatable bonds is 4. The van der Waals surface area contributed by atoms with E-state index < -0.39 is 24.7 Å². The Balaban J connectivity index is 2.67. The van der Waals surface area contributed by atoms with Gasteiger partial charge in [0.15, 0.2) is 6.61 Å². The predicted molar refractivity (Wildman–Crippen MR) is 45.1 cm³/mol. The van der Waals surface area contributed by atoms with Crippen LogP contribution < -0.4 is 9.47 Å². The van der Waals surface area contributed by atoms with Gasteiger partial charge in [0.05, 0.1) is 0 Å². The predicted octanol–water partition coefficient (Wildman–Crippen LogP) is 1.85. The molecule has 1 aromatic rings. The third-order valence-electron chi connectivity index (χ3n) is 1.33. The van der Waals surface area contributed by atoms with E-state index in [1.165, 1.54) is 0 Å². The molecule has 0 spiro atoms. The van der Waals surface area contributed by atoms with E-state index in [9.17, 15) is 18.0 Å². The van der Waals surface area contributed by atoms with Gasteiger partial charge in [-0.1, -0.05) is 0 Å². The maximum atomic E-state index is 11.8. The number of carboxylic acid groups (broad SMARTS) is 1. The summed E-state index contributed by atoms with van der Waals surface area (Å²) < 4.78 is 43.7. The van der Waals surface area contributed by atoms with Crippen LogP contribution in [0.15, 0.2) is 18.2 Å². The van der Waals surface area contributed by atoms with Crippen LogP contribution in [0.2, 0.25) is 0 Å². The number of carbonyl (C=O) groups is 1. The summed E-state index contributed by atoms with van der Waals surface area (Å²) in [4.78, 5) is 10.1. The summed E-state index contributed by atoms with van der Waals surface area (Å²) in [5, 5.41) is 8.28. The summed E-state index contributed by atoms with van der Waals surface area (Å²) >= 11 is 0. The van der Waals surface area contributed by atoms with E-state index in [1.807, 2.05) is 0 Å². The monoisotopic (exact) mass is 235 g/mol. The Labute approximate surface area is 88.2 Å². The number of ether oxygens (including phenoxy) is 2. The van der Waals surface area contributed by atoms with Gasteiger partial charge in [-0.2, -0.15) is 0 Å². The Hall–Kier alpha value is -1.92. The fourth-order valence-electron chi connectivity index (χ4n) is 0.845. The molecule has 0 aliphatic rings. The second kappa shape index (κ2) is 4.73. The van der Waals surface area contributed by atoms with Crippen molar-refractivity contribution in [1.82, 2.24) is 0 Å². The van der Waals surface area contributed by atoms with Crippen molar-refractivity contribution >= 4 is 5.97 Å². The molecule has 1 N–H and O–H groups in total. The van der Waals surface area contributed by atoms with Crippen molar-refractivity contribution in [3.63, 3.8) is 0 Å². The van der Waals surface area contributed by atoms with E-state index in [0.717, 1.165) is 18.2 Å². The first-order chi connectivity index (χ1) is 7.37. The lowest BCUT2D eigenvalue weighted by molar-refractivity contribution is -0.274. The Kier molecular flexibility index (Phi) is 3.60. The van der Waals surface area contributed by atoms with E-state index in [2.05, 4.69) is 15.5 Å². The molecule has 0 atom stereocenters. The molecular formula is C9H6F3O4. The minimum atomic E-state index is -4.80. The van der Waals surface area contributed by atoms with Crippen LogP contribution in [-0.2, 0) is 4.79 Å². The molecule has 0 aliphatic heterocycles. The maximum absolute atomic E-state index is 11.8. The number of carboxylic acids is 1. The van der Waals surface area contributed by atoms with Crippen molar-refractivity contribution in [2.45, 2.75) is 6.36 Å². The smallest absolute Gasteiger partial charge is 0.481 e. The van der Waals surface area contributed by atoms with Crippen molar-refractivity contribution in [3.05, 3.63) is 24.3 Å². The first-order valence-electron chi connectivity index (χ1n) is 3.99. The summed E-state index contributed by atoms with van der Waals surface area (Å²) in [5.74, 6) is -1.87. The molecule has 1 aromatic carbocycles. The molecule has 0 saturated carbocycles. The minimum absolute atomic E-state index is 0.135. The molecule has 0 aliphatic carbocycles. The van der Waals surface area contributed by atoms with E-state index in [1.54, 1.807) is 0 Å². The van der Waals surface area contributed by atoms with Crippen molar-refractivity contribution < 1.29 is 32.5 Å². The number of benzene rings is 1. The summed E-state index contributed by atoms with van der Waals surface area (Å²) in [6.07, 6.45) is -4.80. The molecule has 0 saturated heterocycles. The summed E-state index contributed by atoms with van der Waals surface area (Å²) in [6.45, 7) is -0.661. The van der Waals surface area contributed by atoms with E-state index >= 15 is 0 Å². The highest BCUT2D eigenvalue weighted by Gasteiger charge is 2.31. The summed E-state index contributed by atoms with van der Waals surface area (Å²) in [6, 6.07) is 5.48. The lowest BCUT2D eigenvalue weighted by Gasteiger charge is -2.09. The Morgan fingerprint density at radius 1 is 1.50 bits per heavy atom. The van der Waals surface area contributed by atoms with Gasteiger partial charge in [-0.25, -0.2) is 4.79 Å². The number of hydrogen-bond donors (Lipinski definition) is 1. The average molecular weight is 235 g/mol. The second-order valence-electron chi connectivity index (χ2n) is 2.62. The number of hydrogen-bond acceptors (Lipinski definition) is 3. The van der Waals surface area contributed by atoms with Gasteiger partial charge in [0, 0.05) is 12.1 Å². The number of aliphatic carboxylic acids is 1. The fourth-order valence-corrected chi connectivity index (χ4v) is 0.845. The van der Waals surface area contributed by atoms with Crippen molar-refractivity contribution in [3.8, 4) is 11.5 Å². The zero-order valence-corrected chi connectivity index (χ0v) is 7.75. The van der Waals surface area contributed by atoms with Gasteiger partial charge in [0.1, 0.15) is 11.5 Å². The number of halogens is 3. The first kappa shape index (κ1) is 12.2. The molecule has 1 radical (unpaired) electrons. The normalized spacial score (nSPS) is 10.9. The average Bonchev–Trinajstić information content (AvgIpc) is 2.12. The first-order valence-corrected chi connectivity index (χ1v) is 3.99. The molecule has 0 unspecified atom stereocenters. The molecule has 0 fully saturated rings. The Morgan fingerprint density at radius 3 is 2.75 bits per heavy atom. The van der Waals surface area contributed by atoms with Crippen LogP contribution in [0, 0.1) is 6.07 Å². The van der Waals surface area contributed by atoms with Gasteiger partial charge >= 0.3 is 12.3 Å². The van der Waals surface area contributed by atoms with E-state index in [-0.39, 0.29) is 5.75 Å². The topological polar surface area (TPSA) is 55.8 Å². The maximum Gasteiger partial charge on any atom is 0.573 e. The summed E-state index contributed by atoms with van der Waals surface area (Å²) in [7, 11) is 0. The van der Waals surface area contributed by atoms with Crippen LogP contribution in [0.4, 0.5) is 13.2 Å². The van der Waals surface area contributed by atoms with Crippen LogP contribution in [0.3, 0.4) is 0 Å². The number of alkyl halides is 3. The van der Waals surface area contributed by atoms with Crippen LogP contribution in [0.5, 0.6) is 11.5 Å². The van der Waals surface area contributed by atoms with Crippen LogP contribution in [-0.4, -0.2) is 24.0 Å². The quantitative estimate of drug-likeness (QED) is 0.865. The van der Waals surface area contributed by atoms with Gasteiger partial charge in [-0.15, -0.1) is 13.2 Å². The SMILES string of the molecule is O=C(O)COc1[c]ccc(OC(F)(F)F)c1. The van der Waals surface area contributed by atoms with Gasteiger partial charge in [0.2, 0.25) is 0 Å². The molecule has 0 amide bonds. The third kappa shape index (κ3) is 4.54. The highest BCUT2D eigenvalue weighted by molar-refractivity contribution is 5.68. The lowest BCUT2D eigenvalue weighted by Crippen LogP contribution is -2.17. The van der Waals surface area contributed by atoms with Crippen molar-refractivity contribution in [1.29, 1.82) is 0 Å². The highest BCUT2D eigenvalue weighted by atomic mass is 19.4. The van der Waals surface area contributed by atoms with Crippen LogP contribution in [0.1, 0.15) is 0 Å². The van der Waals surface area contributed by atoms with Gasteiger partial charge in [0.25, 0.3) is 0 Å². The van der Waals surface area contributed by atoms with Crippen molar-refractivity contribution in [2.75, 3.05) is 6.61 Å². The van der Waals surface area contributed by atoms with Gasteiger partial charge in [-0.3, -0.25) is 0 Å². The molecule has 4 nitrogen and oxygen atoms in total. The van der Waals surface area contributed by atoms with Crippen LogP contribution in [0.25, 0.3) is 0 Å². The zero-order valence-electron chi connectivity index (χ0n) is 7.75. The van der Waals surface area contributed by atoms with Gasteiger partial charge < -0.3 is 14.6 Å². The largest absolute Gasteiger partial charge is 0.573 e. The molecule has 16 heavy (non-hydrogen) atoms. The lowest BCUT2D eigenvalue weighted by atomic mass is 10.3. The third-order valence-corrected chi connectivity index (χ3v) is 1.33. The molecule has 0 bridgehead atoms. The molecule has 1 rings (SSSR count). The molecule has 7 heteroatoms. The second-order valence-corrected chi connectivity index (χ2v) is 2.62. The van der Waals surface area contributed by atoms with E-state index in [0.29, 0.717) is 0 Å².